The van der Waals surface area contributed by atoms with Crippen LogP contribution in [0, 0.1) is 12.8 Å². The Balaban J connectivity index is 1.38. The first-order chi connectivity index (χ1) is 13.6. The van der Waals surface area contributed by atoms with E-state index in [0.29, 0.717) is 24.3 Å². The molecule has 2 aromatic heterocycles. The van der Waals surface area contributed by atoms with Gasteiger partial charge in [0.1, 0.15) is 0 Å². The molecule has 2 N–H and O–H groups in total. The fourth-order valence-corrected chi connectivity index (χ4v) is 4.57. The van der Waals surface area contributed by atoms with Crippen molar-refractivity contribution in [2.24, 2.45) is 5.92 Å². The van der Waals surface area contributed by atoms with E-state index in [2.05, 4.69) is 20.4 Å². The monoisotopic (exact) mass is 384 g/mol. The molecule has 150 valence electrons. The molecule has 2 saturated heterocycles. The van der Waals surface area contributed by atoms with Crippen molar-refractivity contribution in [2.45, 2.75) is 51.5 Å². The summed E-state index contributed by atoms with van der Waals surface area (Å²) in [5.41, 5.74) is 2.54. The van der Waals surface area contributed by atoms with Crippen LogP contribution < -0.4 is 0 Å². The average molecular weight is 384 g/mol. The largest absolute Gasteiger partial charge is 0.342 e. The second-order valence-corrected chi connectivity index (χ2v) is 7.97. The standard InChI is InChI=1S/C20H28N6O2/c1-14-17(12-23-24-14)20(28)26-8-3-2-4-18(26)16-7-9-25(13-16)19(27)6-5-15-10-21-22-11-15/h10-12,16,18H,2-9,13H2,1H3,(H,21,22)(H,23,24). The van der Waals surface area contributed by atoms with Crippen molar-refractivity contribution in [3.05, 3.63) is 35.4 Å². The molecular weight excluding hydrogens is 356 g/mol. The number of likely N-dealkylation sites (tertiary alicyclic amines) is 2. The lowest BCUT2D eigenvalue weighted by Crippen LogP contribution is -2.48. The Morgan fingerprint density at radius 3 is 2.82 bits per heavy atom. The van der Waals surface area contributed by atoms with Crippen LogP contribution in [0.5, 0.6) is 0 Å². The lowest BCUT2D eigenvalue weighted by Gasteiger charge is -2.39. The summed E-state index contributed by atoms with van der Waals surface area (Å²) in [7, 11) is 0. The highest BCUT2D eigenvalue weighted by molar-refractivity contribution is 5.95. The molecule has 2 aliphatic heterocycles. The van der Waals surface area contributed by atoms with Crippen molar-refractivity contribution in [3.63, 3.8) is 0 Å². The molecule has 2 aromatic rings. The van der Waals surface area contributed by atoms with Crippen molar-refractivity contribution < 1.29 is 9.59 Å². The molecule has 2 atom stereocenters. The molecule has 0 aliphatic carbocycles. The lowest BCUT2D eigenvalue weighted by molar-refractivity contribution is -0.130. The number of H-pyrrole nitrogens is 2. The zero-order chi connectivity index (χ0) is 19.5. The Morgan fingerprint density at radius 1 is 1.18 bits per heavy atom. The maximum absolute atomic E-state index is 13.1. The summed E-state index contributed by atoms with van der Waals surface area (Å²) in [6.45, 7) is 4.22. The van der Waals surface area contributed by atoms with Crippen molar-refractivity contribution in [3.8, 4) is 0 Å². The maximum atomic E-state index is 13.1. The number of amides is 2. The van der Waals surface area contributed by atoms with Crippen LogP contribution in [0.25, 0.3) is 0 Å². The van der Waals surface area contributed by atoms with Gasteiger partial charge < -0.3 is 9.80 Å². The number of aromatic amines is 2. The third-order valence-corrected chi connectivity index (χ3v) is 6.17. The Hall–Kier alpha value is -2.64. The molecule has 0 bridgehead atoms. The van der Waals surface area contributed by atoms with Gasteiger partial charge in [-0.25, -0.2) is 0 Å². The van der Waals surface area contributed by atoms with Crippen LogP contribution in [0.2, 0.25) is 0 Å². The van der Waals surface area contributed by atoms with E-state index in [-0.39, 0.29) is 17.9 Å². The SMILES string of the molecule is Cc1[nH]ncc1C(=O)N1CCCCC1C1CCN(C(=O)CCc2cn[nH]c2)C1. The van der Waals surface area contributed by atoms with E-state index in [1.807, 2.05) is 22.9 Å². The van der Waals surface area contributed by atoms with Crippen molar-refractivity contribution >= 4 is 11.8 Å². The van der Waals surface area contributed by atoms with Gasteiger partial charge in [0.05, 0.1) is 18.0 Å². The summed E-state index contributed by atoms with van der Waals surface area (Å²) in [4.78, 5) is 29.7. The van der Waals surface area contributed by atoms with Gasteiger partial charge >= 0.3 is 0 Å². The number of hydrogen-bond donors (Lipinski definition) is 2. The molecule has 8 heteroatoms. The van der Waals surface area contributed by atoms with E-state index in [4.69, 9.17) is 0 Å². The summed E-state index contributed by atoms with van der Waals surface area (Å²) in [5, 5.41) is 13.6. The summed E-state index contributed by atoms with van der Waals surface area (Å²) >= 11 is 0. The zero-order valence-corrected chi connectivity index (χ0v) is 16.4. The second-order valence-electron chi connectivity index (χ2n) is 7.97. The van der Waals surface area contributed by atoms with E-state index in [0.717, 1.165) is 56.6 Å². The Bertz CT molecular complexity index is 815. The first kappa shape index (κ1) is 18.7. The smallest absolute Gasteiger partial charge is 0.257 e. The molecule has 0 radical (unpaired) electrons. The summed E-state index contributed by atoms with van der Waals surface area (Å²) < 4.78 is 0. The Labute approximate surface area is 164 Å². The number of carbonyl (C=O) groups is 2. The van der Waals surface area contributed by atoms with Crippen LogP contribution in [0.4, 0.5) is 0 Å². The number of hydrogen-bond acceptors (Lipinski definition) is 4. The van der Waals surface area contributed by atoms with Crippen LogP contribution in [-0.2, 0) is 11.2 Å². The van der Waals surface area contributed by atoms with Gasteiger partial charge in [0.2, 0.25) is 5.91 Å². The summed E-state index contributed by atoms with van der Waals surface area (Å²) in [6, 6.07) is 0.210. The van der Waals surface area contributed by atoms with Gasteiger partial charge in [0.15, 0.2) is 0 Å². The number of nitrogens with zero attached hydrogens (tertiary/aromatic N) is 4. The van der Waals surface area contributed by atoms with Gasteiger partial charge in [-0.15, -0.1) is 0 Å². The van der Waals surface area contributed by atoms with E-state index in [9.17, 15) is 9.59 Å². The molecule has 4 rings (SSSR count). The number of aryl methyl sites for hydroxylation is 2. The molecule has 8 nitrogen and oxygen atoms in total. The van der Waals surface area contributed by atoms with E-state index in [1.165, 1.54) is 0 Å². The number of rotatable bonds is 5. The lowest BCUT2D eigenvalue weighted by atomic mass is 9.89. The highest BCUT2D eigenvalue weighted by atomic mass is 16.2. The molecule has 28 heavy (non-hydrogen) atoms. The second kappa shape index (κ2) is 8.16. The Kier molecular flexibility index (Phi) is 5.45. The molecule has 2 unspecified atom stereocenters. The van der Waals surface area contributed by atoms with Crippen LogP contribution in [0.15, 0.2) is 18.6 Å². The average Bonchev–Trinajstić information content (AvgIpc) is 3.47. The van der Waals surface area contributed by atoms with Crippen molar-refractivity contribution in [2.75, 3.05) is 19.6 Å². The fourth-order valence-electron chi connectivity index (χ4n) is 4.57. The van der Waals surface area contributed by atoms with E-state index in [1.54, 1.807) is 12.4 Å². The van der Waals surface area contributed by atoms with Crippen LogP contribution in [0.1, 0.15) is 53.7 Å². The Morgan fingerprint density at radius 2 is 2.07 bits per heavy atom. The number of nitrogens with one attached hydrogen (secondary N) is 2. The van der Waals surface area contributed by atoms with Gasteiger partial charge in [0, 0.05) is 44.0 Å². The van der Waals surface area contributed by atoms with E-state index < -0.39 is 0 Å². The molecule has 0 spiro atoms. The van der Waals surface area contributed by atoms with Crippen molar-refractivity contribution in [1.29, 1.82) is 0 Å². The minimum atomic E-state index is 0.0701. The quantitative estimate of drug-likeness (QED) is 0.823. The van der Waals surface area contributed by atoms with Crippen LogP contribution in [0.3, 0.4) is 0 Å². The highest BCUT2D eigenvalue weighted by Crippen LogP contribution is 2.31. The number of aromatic nitrogens is 4. The first-order valence-corrected chi connectivity index (χ1v) is 10.2. The predicted molar refractivity (Wildman–Crippen MR) is 104 cm³/mol. The minimum absolute atomic E-state index is 0.0701. The topological polar surface area (TPSA) is 98.0 Å². The third kappa shape index (κ3) is 3.81. The van der Waals surface area contributed by atoms with Gasteiger partial charge in [-0.2, -0.15) is 10.2 Å². The summed E-state index contributed by atoms with van der Waals surface area (Å²) in [6.07, 6.45) is 10.6. The van der Waals surface area contributed by atoms with E-state index >= 15 is 0 Å². The molecular formula is C20H28N6O2. The normalized spacial score (nSPS) is 22.6. The summed E-state index contributed by atoms with van der Waals surface area (Å²) in [5.74, 6) is 0.623. The first-order valence-electron chi connectivity index (χ1n) is 10.2. The molecule has 0 saturated carbocycles. The molecule has 4 heterocycles. The number of carbonyl (C=O) groups excluding carboxylic acids is 2. The molecule has 2 amide bonds. The highest BCUT2D eigenvalue weighted by Gasteiger charge is 2.38. The molecule has 2 fully saturated rings. The fraction of sp³-hybridized carbons (Fsp3) is 0.600. The van der Waals surface area contributed by atoms with Gasteiger partial charge in [-0.05, 0) is 50.5 Å². The minimum Gasteiger partial charge on any atom is -0.342 e. The van der Waals surface area contributed by atoms with Crippen LogP contribution >= 0.6 is 0 Å². The zero-order valence-electron chi connectivity index (χ0n) is 16.4. The molecule has 2 aliphatic rings. The maximum Gasteiger partial charge on any atom is 0.257 e. The van der Waals surface area contributed by atoms with Gasteiger partial charge in [-0.3, -0.25) is 19.8 Å². The van der Waals surface area contributed by atoms with Crippen LogP contribution in [-0.4, -0.2) is 67.7 Å². The van der Waals surface area contributed by atoms with Gasteiger partial charge in [-0.1, -0.05) is 0 Å². The number of piperidine rings is 1. The third-order valence-electron chi connectivity index (χ3n) is 6.17. The van der Waals surface area contributed by atoms with Gasteiger partial charge in [0.25, 0.3) is 5.91 Å². The molecule has 0 aromatic carbocycles. The predicted octanol–water partition coefficient (Wildman–Crippen LogP) is 1.92. The van der Waals surface area contributed by atoms with Crippen molar-refractivity contribution in [1.82, 2.24) is 30.2 Å².